The summed E-state index contributed by atoms with van der Waals surface area (Å²) in [6.45, 7) is 1.75. The molecule has 0 spiro atoms. The lowest BCUT2D eigenvalue weighted by Gasteiger charge is -2.05. The summed E-state index contributed by atoms with van der Waals surface area (Å²) < 4.78 is 11.9. The Labute approximate surface area is 128 Å². The number of aryl methyl sites for hydroxylation is 1. The van der Waals surface area contributed by atoms with E-state index in [-0.39, 0.29) is 23.7 Å². The molecule has 1 amide bonds. The van der Waals surface area contributed by atoms with Crippen molar-refractivity contribution in [1.29, 1.82) is 0 Å². The van der Waals surface area contributed by atoms with Crippen molar-refractivity contribution in [2.45, 2.75) is 6.92 Å². The van der Waals surface area contributed by atoms with Gasteiger partial charge in [-0.1, -0.05) is 0 Å². The van der Waals surface area contributed by atoms with Crippen molar-refractivity contribution in [3.05, 3.63) is 40.2 Å². The summed E-state index contributed by atoms with van der Waals surface area (Å²) in [5, 5.41) is 0. The lowest BCUT2D eigenvalue weighted by Crippen LogP contribution is -2.15. The van der Waals surface area contributed by atoms with Crippen LogP contribution in [0.25, 0.3) is 16.9 Å². The van der Waals surface area contributed by atoms with Gasteiger partial charge in [0, 0.05) is 6.07 Å². The first-order valence-electron chi connectivity index (χ1n) is 6.74. The molecule has 3 heterocycles. The zero-order valence-electron chi connectivity index (χ0n) is 12.0. The lowest BCUT2D eigenvalue weighted by molar-refractivity contribution is 0.0997. The van der Waals surface area contributed by atoms with Crippen molar-refractivity contribution in [1.82, 2.24) is 19.5 Å². The molecule has 3 N–H and O–H groups in total. The number of benzene rings is 1. The molecule has 1 aliphatic heterocycles. The number of carbonyl (C=O) groups excluding carboxylic acids is 1. The highest BCUT2D eigenvalue weighted by Gasteiger charge is 2.20. The number of fused-ring (bicyclic) bond motifs is 2. The number of hydrogen-bond donors (Lipinski definition) is 2. The van der Waals surface area contributed by atoms with E-state index in [2.05, 4.69) is 15.0 Å². The second-order valence-corrected chi connectivity index (χ2v) is 4.99. The molecule has 1 aromatic carbocycles. The van der Waals surface area contributed by atoms with Gasteiger partial charge in [0.2, 0.25) is 6.79 Å². The van der Waals surface area contributed by atoms with Crippen molar-refractivity contribution < 1.29 is 14.3 Å². The van der Waals surface area contributed by atoms with E-state index in [9.17, 15) is 9.59 Å². The van der Waals surface area contributed by atoms with E-state index in [0.717, 1.165) is 0 Å². The van der Waals surface area contributed by atoms with Crippen LogP contribution in [0.3, 0.4) is 0 Å². The van der Waals surface area contributed by atoms with Gasteiger partial charge in [-0.05, 0) is 19.1 Å². The van der Waals surface area contributed by atoms with Crippen LogP contribution < -0.4 is 20.9 Å². The van der Waals surface area contributed by atoms with Crippen LogP contribution in [-0.4, -0.2) is 32.2 Å². The number of aromatic nitrogens is 4. The van der Waals surface area contributed by atoms with Crippen molar-refractivity contribution in [2.75, 3.05) is 6.79 Å². The fraction of sp³-hybridized carbons (Fsp3) is 0.143. The zero-order chi connectivity index (χ0) is 16.1. The van der Waals surface area contributed by atoms with E-state index in [4.69, 9.17) is 15.2 Å². The summed E-state index contributed by atoms with van der Waals surface area (Å²) in [5.41, 5.74) is 5.84. The minimum Gasteiger partial charge on any atom is -0.454 e. The van der Waals surface area contributed by atoms with Gasteiger partial charge in [0.05, 0.1) is 5.69 Å². The van der Waals surface area contributed by atoms with E-state index < -0.39 is 11.6 Å². The molecular formula is C14H11N5O4. The number of nitrogens with one attached hydrogen (secondary N) is 1. The normalized spacial score (nSPS) is 12.7. The number of hydrogen-bond acceptors (Lipinski definition) is 6. The van der Waals surface area contributed by atoms with Crippen LogP contribution in [0.2, 0.25) is 0 Å². The summed E-state index contributed by atoms with van der Waals surface area (Å²) >= 11 is 0. The lowest BCUT2D eigenvalue weighted by atomic mass is 10.2. The monoisotopic (exact) mass is 313 g/mol. The van der Waals surface area contributed by atoms with Gasteiger partial charge in [-0.2, -0.15) is 0 Å². The number of H-pyrrole nitrogens is 1. The Balaban J connectivity index is 2.02. The second kappa shape index (κ2) is 4.57. The van der Waals surface area contributed by atoms with Crippen molar-refractivity contribution in [2.24, 2.45) is 5.73 Å². The molecule has 0 unspecified atom stereocenters. The topological polar surface area (TPSA) is 125 Å². The van der Waals surface area contributed by atoms with E-state index >= 15 is 0 Å². The van der Waals surface area contributed by atoms with Gasteiger partial charge in [0.15, 0.2) is 22.8 Å². The number of primary amides is 1. The van der Waals surface area contributed by atoms with Crippen LogP contribution in [0.4, 0.5) is 0 Å². The molecule has 0 fully saturated rings. The molecule has 116 valence electrons. The minimum atomic E-state index is -0.736. The van der Waals surface area contributed by atoms with Crippen LogP contribution >= 0.6 is 0 Å². The maximum absolute atomic E-state index is 12.3. The first-order valence-corrected chi connectivity index (χ1v) is 6.74. The third-order valence-electron chi connectivity index (χ3n) is 3.50. The molecule has 2 aromatic heterocycles. The molecular weight excluding hydrogens is 302 g/mol. The van der Waals surface area contributed by atoms with Crippen LogP contribution in [-0.2, 0) is 0 Å². The Hall–Kier alpha value is -3.36. The molecule has 0 aliphatic carbocycles. The van der Waals surface area contributed by atoms with Crippen LogP contribution in [0.1, 0.15) is 16.3 Å². The van der Waals surface area contributed by atoms with Gasteiger partial charge in [-0.15, -0.1) is 0 Å². The van der Waals surface area contributed by atoms with Gasteiger partial charge in [0.25, 0.3) is 5.91 Å². The average molecular weight is 313 g/mol. The summed E-state index contributed by atoms with van der Waals surface area (Å²) in [4.78, 5) is 34.7. The predicted octanol–water partition coefficient (Wildman–Crippen LogP) is 0.245. The highest BCUT2D eigenvalue weighted by molar-refractivity contribution is 6.01. The maximum Gasteiger partial charge on any atom is 0.332 e. The first kappa shape index (κ1) is 13.3. The van der Waals surface area contributed by atoms with Crippen molar-refractivity contribution in [3.63, 3.8) is 0 Å². The van der Waals surface area contributed by atoms with Crippen LogP contribution in [0.15, 0.2) is 23.0 Å². The average Bonchev–Trinajstić information content (AvgIpc) is 3.08. The summed E-state index contributed by atoms with van der Waals surface area (Å²) in [6.07, 6.45) is 0. The first-order chi connectivity index (χ1) is 11.0. The van der Waals surface area contributed by atoms with Crippen molar-refractivity contribution in [3.8, 4) is 17.2 Å². The van der Waals surface area contributed by atoms with Crippen LogP contribution in [0.5, 0.6) is 11.5 Å². The van der Waals surface area contributed by atoms with Crippen LogP contribution in [0, 0.1) is 6.92 Å². The van der Waals surface area contributed by atoms with Gasteiger partial charge in [-0.25, -0.2) is 19.3 Å². The third kappa shape index (κ3) is 1.94. The molecule has 9 nitrogen and oxygen atoms in total. The number of nitrogens with zero attached hydrogens (tertiary/aromatic N) is 3. The Bertz CT molecular complexity index is 1020. The summed E-state index contributed by atoms with van der Waals surface area (Å²) in [5.74, 6) is 0.731. The maximum atomic E-state index is 12.3. The van der Waals surface area contributed by atoms with Gasteiger partial charge < -0.3 is 20.2 Å². The SMILES string of the molecule is Cc1nc(C(N)=O)c2[nH]c(=O)n(-c3ccc4c(c3)OCO4)c2n1. The molecule has 0 saturated carbocycles. The molecule has 23 heavy (non-hydrogen) atoms. The Morgan fingerprint density at radius 1 is 1.30 bits per heavy atom. The second-order valence-electron chi connectivity index (χ2n) is 4.99. The predicted molar refractivity (Wildman–Crippen MR) is 78.9 cm³/mol. The summed E-state index contributed by atoms with van der Waals surface area (Å²) in [6, 6.07) is 5.06. The highest BCUT2D eigenvalue weighted by Crippen LogP contribution is 2.33. The fourth-order valence-corrected chi connectivity index (χ4v) is 2.54. The van der Waals surface area contributed by atoms with Gasteiger partial charge >= 0.3 is 5.69 Å². The van der Waals surface area contributed by atoms with Gasteiger partial charge in [-0.3, -0.25) is 4.79 Å². The largest absolute Gasteiger partial charge is 0.454 e. The van der Waals surface area contributed by atoms with Crippen molar-refractivity contribution >= 4 is 17.1 Å². The smallest absolute Gasteiger partial charge is 0.332 e. The number of rotatable bonds is 2. The number of amides is 1. The quantitative estimate of drug-likeness (QED) is 0.698. The number of ether oxygens (including phenoxy) is 2. The number of nitrogens with two attached hydrogens (primary N) is 1. The van der Waals surface area contributed by atoms with E-state index in [0.29, 0.717) is 23.0 Å². The zero-order valence-corrected chi connectivity index (χ0v) is 12.0. The number of carbonyl (C=O) groups is 1. The standard InChI is InChI=1S/C14H11N5O4/c1-6-16-10(12(15)20)11-13(17-6)19(14(21)18-11)7-2-3-8-9(4-7)23-5-22-8/h2-4H,5H2,1H3,(H2,15,20)(H,18,21). The van der Waals surface area contributed by atoms with E-state index in [1.54, 1.807) is 25.1 Å². The highest BCUT2D eigenvalue weighted by atomic mass is 16.7. The van der Waals surface area contributed by atoms with E-state index in [1.165, 1.54) is 4.57 Å². The summed E-state index contributed by atoms with van der Waals surface area (Å²) in [7, 11) is 0. The Morgan fingerprint density at radius 3 is 2.87 bits per heavy atom. The Morgan fingerprint density at radius 2 is 2.09 bits per heavy atom. The molecule has 9 heteroatoms. The molecule has 0 atom stereocenters. The van der Waals surface area contributed by atoms with E-state index in [1.807, 2.05) is 0 Å². The molecule has 4 rings (SSSR count). The molecule has 0 radical (unpaired) electrons. The number of imidazole rings is 1. The molecule has 3 aromatic rings. The Kier molecular flexibility index (Phi) is 2.64. The molecule has 0 saturated heterocycles. The molecule has 1 aliphatic rings. The number of aromatic amines is 1. The van der Waals surface area contributed by atoms with Gasteiger partial charge in [0.1, 0.15) is 11.3 Å². The third-order valence-corrected chi connectivity index (χ3v) is 3.50. The fourth-order valence-electron chi connectivity index (χ4n) is 2.54. The minimum absolute atomic E-state index is 0.0240. The molecule has 0 bridgehead atoms.